The van der Waals surface area contributed by atoms with E-state index < -0.39 is 10.0 Å². The van der Waals surface area contributed by atoms with Crippen molar-refractivity contribution in [3.8, 4) is 11.3 Å². The lowest BCUT2D eigenvalue weighted by molar-refractivity contribution is 0.580. The summed E-state index contributed by atoms with van der Waals surface area (Å²) >= 11 is 3.45. The number of hydrogen-bond donors (Lipinski definition) is 2. The van der Waals surface area contributed by atoms with Crippen LogP contribution >= 0.6 is 15.9 Å². The summed E-state index contributed by atoms with van der Waals surface area (Å²) in [5.41, 5.74) is 3.58. The highest BCUT2D eigenvalue weighted by Crippen LogP contribution is 2.33. The normalized spacial score (nSPS) is 11.5. The Bertz CT molecular complexity index is 1640. The predicted molar refractivity (Wildman–Crippen MR) is 145 cm³/mol. The van der Waals surface area contributed by atoms with Crippen LogP contribution in [0.4, 0.5) is 11.5 Å². The quantitative estimate of drug-likeness (QED) is 0.254. The molecular formula is C27H22BrN5O2S. The zero-order chi connectivity index (χ0) is 25.1. The van der Waals surface area contributed by atoms with E-state index in [1.54, 1.807) is 37.5 Å². The van der Waals surface area contributed by atoms with E-state index in [1.165, 1.54) is 0 Å². The highest BCUT2D eigenvalue weighted by Gasteiger charge is 2.19. The molecule has 0 atom stereocenters. The summed E-state index contributed by atoms with van der Waals surface area (Å²) in [5.74, 6) is 0.620. The van der Waals surface area contributed by atoms with Gasteiger partial charge in [0.05, 0.1) is 4.90 Å². The second-order valence-corrected chi connectivity index (χ2v) is 10.9. The molecule has 7 nitrogen and oxygen atoms in total. The molecule has 36 heavy (non-hydrogen) atoms. The molecule has 0 fully saturated rings. The number of nitrogens with one attached hydrogen (secondary N) is 2. The highest BCUT2D eigenvalue weighted by atomic mass is 79.9. The van der Waals surface area contributed by atoms with Gasteiger partial charge >= 0.3 is 0 Å². The van der Waals surface area contributed by atoms with Crippen LogP contribution in [-0.2, 0) is 16.6 Å². The number of benzene rings is 3. The topological polar surface area (TPSA) is 96.9 Å². The predicted octanol–water partition coefficient (Wildman–Crippen LogP) is 5.98. The molecular weight excluding hydrogens is 538 g/mol. The summed E-state index contributed by atoms with van der Waals surface area (Å²) in [7, 11) is -3.77. The molecule has 9 heteroatoms. The van der Waals surface area contributed by atoms with Gasteiger partial charge in [0.1, 0.15) is 5.69 Å². The van der Waals surface area contributed by atoms with Gasteiger partial charge in [-0.1, -0.05) is 58.4 Å². The summed E-state index contributed by atoms with van der Waals surface area (Å²) in [6, 6.07) is 24.5. The fraction of sp³-hybridized carbons (Fsp3) is 0.0741. The van der Waals surface area contributed by atoms with E-state index in [0.717, 1.165) is 26.5 Å². The molecule has 0 saturated carbocycles. The fourth-order valence-electron chi connectivity index (χ4n) is 3.88. The van der Waals surface area contributed by atoms with Gasteiger partial charge in [-0.3, -0.25) is 4.98 Å². The molecule has 0 unspecified atom stereocenters. The summed E-state index contributed by atoms with van der Waals surface area (Å²) in [6.07, 6.45) is 3.29. The van der Waals surface area contributed by atoms with Gasteiger partial charge in [-0.2, -0.15) is 0 Å². The minimum Gasteiger partial charge on any atom is -0.338 e. The number of halogens is 1. The molecule has 2 N–H and O–H groups in total. The van der Waals surface area contributed by atoms with Gasteiger partial charge in [0.15, 0.2) is 5.82 Å². The Morgan fingerprint density at radius 2 is 1.67 bits per heavy atom. The average molecular weight is 560 g/mol. The molecule has 180 valence electrons. The third-order valence-electron chi connectivity index (χ3n) is 5.73. The van der Waals surface area contributed by atoms with Crippen molar-refractivity contribution in [1.29, 1.82) is 0 Å². The van der Waals surface area contributed by atoms with E-state index in [-0.39, 0.29) is 11.4 Å². The molecule has 0 amide bonds. The maximum atomic E-state index is 13.2. The molecule has 0 aliphatic carbocycles. The number of aromatic nitrogens is 3. The number of fused-ring (bicyclic) bond motifs is 1. The van der Waals surface area contributed by atoms with E-state index in [9.17, 15) is 8.42 Å². The van der Waals surface area contributed by atoms with Crippen molar-refractivity contribution < 1.29 is 8.42 Å². The average Bonchev–Trinajstić information content (AvgIpc) is 2.90. The van der Waals surface area contributed by atoms with E-state index in [4.69, 9.17) is 0 Å². The van der Waals surface area contributed by atoms with Crippen molar-refractivity contribution in [3.63, 3.8) is 0 Å². The van der Waals surface area contributed by atoms with Crippen LogP contribution in [0.5, 0.6) is 0 Å². The molecule has 0 aliphatic rings. The molecule has 0 aliphatic heterocycles. The zero-order valence-corrected chi connectivity index (χ0v) is 21.7. The van der Waals surface area contributed by atoms with Crippen molar-refractivity contribution in [2.75, 3.05) is 5.32 Å². The number of aryl methyl sites for hydroxylation is 1. The molecule has 2 heterocycles. The first-order valence-corrected chi connectivity index (χ1v) is 13.5. The third-order valence-corrected chi connectivity index (χ3v) is 7.81. The van der Waals surface area contributed by atoms with Crippen LogP contribution in [0.25, 0.3) is 22.0 Å². The maximum Gasteiger partial charge on any atom is 0.241 e. The number of anilines is 2. The van der Waals surface area contributed by atoms with Crippen molar-refractivity contribution in [1.82, 2.24) is 19.9 Å². The summed E-state index contributed by atoms with van der Waals surface area (Å²) < 4.78 is 30.0. The number of hydrogen-bond acceptors (Lipinski definition) is 6. The lowest BCUT2D eigenvalue weighted by Gasteiger charge is -2.14. The van der Waals surface area contributed by atoms with Crippen molar-refractivity contribution >= 4 is 48.2 Å². The van der Waals surface area contributed by atoms with Gasteiger partial charge in [-0.25, -0.2) is 13.1 Å². The van der Waals surface area contributed by atoms with Crippen LogP contribution in [-0.4, -0.2) is 23.6 Å². The number of rotatable bonds is 7. The van der Waals surface area contributed by atoms with Crippen LogP contribution in [0.15, 0.2) is 101 Å². The fourth-order valence-corrected chi connectivity index (χ4v) is 5.43. The molecule has 2 aromatic heterocycles. The van der Waals surface area contributed by atoms with Gasteiger partial charge in [0, 0.05) is 45.4 Å². The second kappa shape index (κ2) is 10.1. The first-order valence-electron chi connectivity index (χ1n) is 11.2. The highest BCUT2D eigenvalue weighted by molar-refractivity contribution is 9.10. The summed E-state index contributed by atoms with van der Waals surface area (Å²) in [4.78, 5) is 4.24. The van der Waals surface area contributed by atoms with Crippen LogP contribution in [0, 0.1) is 6.92 Å². The molecule has 0 radical (unpaired) electrons. The van der Waals surface area contributed by atoms with E-state index in [2.05, 4.69) is 41.2 Å². The summed E-state index contributed by atoms with van der Waals surface area (Å²) in [6.45, 7) is 1.93. The third kappa shape index (κ3) is 5.13. The van der Waals surface area contributed by atoms with Gasteiger partial charge < -0.3 is 5.32 Å². The Morgan fingerprint density at radius 1 is 0.889 bits per heavy atom. The minimum atomic E-state index is -3.77. The van der Waals surface area contributed by atoms with Crippen LogP contribution in [0.1, 0.15) is 11.1 Å². The number of sulfonamides is 1. The number of pyridine rings is 1. The van der Waals surface area contributed by atoms with Gasteiger partial charge in [-0.05, 0) is 54.4 Å². The molecule has 3 aromatic carbocycles. The van der Waals surface area contributed by atoms with Crippen molar-refractivity contribution in [3.05, 3.63) is 107 Å². The molecule has 0 bridgehead atoms. The van der Waals surface area contributed by atoms with E-state index in [1.807, 2.05) is 60.7 Å². The Hall–Kier alpha value is -3.66. The summed E-state index contributed by atoms with van der Waals surface area (Å²) in [5, 5.41) is 14.0. The lowest BCUT2D eigenvalue weighted by Crippen LogP contribution is -2.24. The Kier molecular flexibility index (Phi) is 6.77. The SMILES string of the molecule is Cc1ccc(-c2nnc(Nc3ccc(Br)cc3)c3ccccc23)cc1S(=O)(=O)NCc1cccnc1. The first-order chi connectivity index (χ1) is 17.4. The van der Waals surface area contributed by atoms with Crippen LogP contribution < -0.4 is 10.0 Å². The Balaban J connectivity index is 1.51. The largest absolute Gasteiger partial charge is 0.338 e. The monoisotopic (exact) mass is 559 g/mol. The van der Waals surface area contributed by atoms with Gasteiger partial charge in [0.25, 0.3) is 0 Å². The van der Waals surface area contributed by atoms with E-state index in [0.29, 0.717) is 22.6 Å². The smallest absolute Gasteiger partial charge is 0.241 e. The van der Waals surface area contributed by atoms with Crippen LogP contribution in [0.2, 0.25) is 0 Å². The molecule has 5 aromatic rings. The number of nitrogens with zero attached hydrogens (tertiary/aromatic N) is 3. The van der Waals surface area contributed by atoms with Crippen molar-refractivity contribution in [2.24, 2.45) is 0 Å². The molecule has 5 rings (SSSR count). The first kappa shape index (κ1) is 24.1. The molecule has 0 spiro atoms. The van der Waals surface area contributed by atoms with Crippen molar-refractivity contribution in [2.45, 2.75) is 18.4 Å². The molecule has 0 saturated heterocycles. The Morgan fingerprint density at radius 3 is 2.42 bits per heavy atom. The second-order valence-electron chi connectivity index (χ2n) is 8.24. The van der Waals surface area contributed by atoms with Gasteiger partial charge in [0.2, 0.25) is 10.0 Å². The zero-order valence-electron chi connectivity index (χ0n) is 19.3. The lowest BCUT2D eigenvalue weighted by atomic mass is 10.0. The minimum absolute atomic E-state index is 0.152. The standard InChI is InChI=1S/C27H22BrN5O2S/c1-18-8-9-20(15-25(18)36(34,35)30-17-19-5-4-14-29-16-19)26-23-6-2-3-7-24(23)27(33-32-26)31-22-12-10-21(28)11-13-22/h2-16,30H,17H2,1H3,(H,31,33). The maximum absolute atomic E-state index is 13.2. The Labute approximate surface area is 217 Å². The van der Waals surface area contributed by atoms with Gasteiger partial charge in [-0.15, -0.1) is 10.2 Å². The van der Waals surface area contributed by atoms with Crippen LogP contribution in [0.3, 0.4) is 0 Å². The van der Waals surface area contributed by atoms with E-state index >= 15 is 0 Å².